The van der Waals surface area contributed by atoms with Crippen LogP contribution in [0.1, 0.15) is 11.3 Å². The van der Waals surface area contributed by atoms with Crippen LogP contribution in [0.4, 0.5) is 10.8 Å². The van der Waals surface area contributed by atoms with Crippen molar-refractivity contribution in [1.29, 1.82) is 0 Å². The number of amides is 1. The van der Waals surface area contributed by atoms with Crippen molar-refractivity contribution in [2.24, 2.45) is 0 Å². The highest BCUT2D eigenvalue weighted by Crippen LogP contribution is 2.34. The monoisotopic (exact) mass is 435 g/mol. The summed E-state index contributed by atoms with van der Waals surface area (Å²) in [7, 11) is 1.57. The summed E-state index contributed by atoms with van der Waals surface area (Å²) in [5.74, 6) is 0.891. The van der Waals surface area contributed by atoms with Crippen LogP contribution < -0.4 is 9.64 Å². The second kappa shape index (κ2) is 8.80. The SMILES string of the molecule is COc1cccc2sc(N(Cc3ccco3)C(=O)/C=C/c3cccc([N+](=O)[O-])c3)nc12. The molecular weight excluding hydrogens is 418 g/mol. The molecule has 2 heterocycles. The average Bonchev–Trinajstić information content (AvgIpc) is 3.45. The number of non-ortho nitro benzene ring substituents is 1. The number of methoxy groups -OCH3 is 1. The van der Waals surface area contributed by atoms with Crippen LogP contribution in [0.5, 0.6) is 5.75 Å². The van der Waals surface area contributed by atoms with Gasteiger partial charge in [-0.3, -0.25) is 19.8 Å². The van der Waals surface area contributed by atoms with Gasteiger partial charge in [0.25, 0.3) is 11.6 Å². The summed E-state index contributed by atoms with van der Waals surface area (Å²) >= 11 is 1.36. The fourth-order valence-electron chi connectivity index (χ4n) is 2.99. The first-order valence-electron chi connectivity index (χ1n) is 9.25. The van der Waals surface area contributed by atoms with Crippen LogP contribution in [0.25, 0.3) is 16.3 Å². The van der Waals surface area contributed by atoms with Gasteiger partial charge in [0.1, 0.15) is 17.0 Å². The molecule has 0 atom stereocenters. The highest BCUT2D eigenvalue weighted by atomic mass is 32.1. The Kier molecular flexibility index (Phi) is 5.76. The van der Waals surface area contributed by atoms with E-state index in [2.05, 4.69) is 4.98 Å². The number of anilines is 1. The molecule has 0 saturated heterocycles. The molecule has 1 amide bonds. The maximum Gasteiger partial charge on any atom is 0.270 e. The maximum atomic E-state index is 13.1. The number of furan rings is 1. The van der Waals surface area contributed by atoms with Crippen LogP contribution in [0.2, 0.25) is 0 Å². The van der Waals surface area contributed by atoms with Crippen molar-refractivity contribution < 1.29 is 18.9 Å². The highest BCUT2D eigenvalue weighted by Gasteiger charge is 2.21. The summed E-state index contributed by atoms with van der Waals surface area (Å²) in [5.41, 5.74) is 1.18. The highest BCUT2D eigenvalue weighted by molar-refractivity contribution is 7.22. The minimum Gasteiger partial charge on any atom is -0.494 e. The lowest BCUT2D eigenvalue weighted by Gasteiger charge is -2.16. The predicted octanol–water partition coefficient (Wildman–Crippen LogP) is 5.05. The number of benzene rings is 2. The van der Waals surface area contributed by atoms with Crippen molar-refractivity contribution in [3.05, 3.63) is 88.4 Å². The lowest BCUT2D eigenvalue weighted by molar-refractivity contribution is -0.384. The van der Waals surface area contributed by atoms with Crippen molar-refractivity contribution in [3.8, 4) is 5.75 Å². The van der Waals surface area contributed by atoms with Gasteiger partial charge in [0.15, 0.2) is 5.13 Å². The second-order valence-corrected chi connectivity index (χ2v) is 7.50. The van der Waals surface area contributed by atoms with E-state index in [9.17, 15) is 14.9 Å². The zero-order valence-electron chi connectivity index (χ0n) is 16.4. The van der Waals surface area contributed by atoms with E-state index in [0.29, 0.717) is 27.7 Å². The number of nitrogens with zero attached hydrogens (tertiary/aromatic N) is 3. The molecule has 156 valence electrons. The van der Waals surface area contributed by atoms with Crippen LogP contribution in [0.3, 0.4) is 0 Å². The first-order valence-corrected chi connectivity index (χ1v) is 10.1. The van der Waals surface area contributed by atoms with E-state index in [1.807, 2.05) is 18.2 Å². The third-order valence-corrected chi connectivity index (χ3v) is 5.52. The zero-order valence-corrected chi connectivity index (χ0v) is 17.2. The van der Waals surface area contributed by atoms with E-state index < -0.39 is 4.92 Å². The number of nitro groups is 1. The molecule has 4 rings (SSSR count). The maximum absolute atomic E-state index is 13.1. The van der Waals surface area contributed by atoms with Gasteiger partial charge >= 0.3 is 0 Å². The van der Waals surface area contributed by atoms with Crippen LogP contribution in [0, 0.1) is 10.1 Å². The molecule has 0 aliphatic rings. The van der Waals surface area contributed by atoms with Gasteiger partial charge in [-0.2, -0.15) is 0 Å². The largest absolute Gasteiger partial charge is 0.494 e. The third kappa shape index (κ3) is 4.46. The molecule has 0 N–H and O–H groups in total. The first kappa shape index (κ1) is 20.3. The Labute approximate surface area is 181 Å². The van der Waals surface area contributed by atoms with Gasteiger partial charge in [0, 0.05) is 18.2 Å². The standard InChI is InChI=1S/C22H17N3O5S/c1-29-18-8-3-9-19-21(18)23-22(31-19)24(14-17-7-4-12-30-17)20(26)11-10-15-5-2-6-16(13-15)25(27)28/h2-13H,14H2,1H3/b11-10+. The van der Waals surface area contributed by atoms with Crippen molar-refractivity contribution in [1.82, 2.24) is 4.98 Å². The number of carbonyl (C=O) groups excluding carboxylic acids is 1. The summed E-state index contributed by atoms with van der Waals surface area (Å²) in [6, 6.07) is 15.2. The number of carbonyl (C=O) groups is 1. The van der Waals surface area contributed by atoms with Gasteiger partial charge in [-0.25, -0.2) is 4.98 Å². The Morgan fingerprint density at radius 2 is 2.10 bits per heavy atom. The molecule has 0 bridgehead atoms. The van der Waals surface area contributed by atoms with E-state index in [1.54, 1.807) is 37.5 Å². The van der Waals surface area contributed by atoms with E-state index in [1.165, 1.54) is 40.7 Å². The third-order valence-electron chi connectivity index (χ3n) is 4.48. The molecule has 31 heavy (non-hydrogen) atoms. The topological polar surface area (TPSA) is 98.7 Å². The Bertz CT molecular complexity index is 1260. The second-order valence-electron chi connectivity index (χ2n) is 6.49. The Morgan fingerprint density at radius 3 is 2.84 bits per heavy atom. The summed E-state index contributed by atoms with van der Waals surface area (Å²) in [6.45, 7) is 0.188. The number of ether oxygens (including phenoxy) is 1. The molecule has 0 spiro atoms. The number of aromatic nitrogens is 1. The summed E-state index contributed by atoms with van der Waals surface area (Å²) < 4.78 is 11.7. The molecule has 0 radical (unpaired) electrons. The molecule has 0 aliphatic heterocycles. The van der Waals surface area contributed by atoms with Gasteiger partial charge in [-0.05, 0) is 35.9 Å². The van der Waals surface area contributed by atoms with Gasteiger partial charge < -0.3 is 9.15 Å². The van der Waals surface area contributed by atoms with E-state index >= 15 is 0 Å². The van der Waals surface area contributed by atoms with Gasteiger partial charge in [-0.15, -0.1) is 0 Å². The van der Waals surface area contributed by atoms with Gasteiger partial charge in [-0.1, -0.05) is 29.5 Å². The molecule has 2 aromatic heterocycles. The molecule has 4 aromatic rings. The Balaban J connectivity index is 1.67. The first-order chi connectivity index (χ1) is 15.0. The number of rotatable bonds is 7. The molecule has 0 unspecified atom stereocenters. The normalized spacial score (nSPS) is 11.1. The van der Waals surface area contributed by atoms with Gasteiger partial charge in [0.05, 0.1) is 29.5 Å². The average molecular weight is 435 g/mol. The molecule has 8 nitrogen and oxygen atoms in total. The number of thiazole rings is 1. The summed E-state index contributed by atoms with van der Waals surface area (Å²) in [4.78, 5) is 29.7. The number of nitro benzene ring substituents is 1. The summed E-state index contributed by atoms with van der Waals surface area (Å²) in [6.07, 6.45) is 4.45. The number of para-hydroxylation sites is 1. The predicted molar refractivity (Wildman–Crippen MR) is 118 cm³/mol. The number of hydrogen-bond donors (Lipinski definition) is 0. The van der Waals surface area contributed by atoms with Crippen LogP contribution in [-0.4, -0.2) is 22.9 Å². The molecule has 9 heteroatoms. The quantitative estimate of drug-likeness (QED) is 0.229. The number of fused-ring (bicyclic) bond motifs is 1. The molecule has 0 aliphatic carbocycles. The van der Waals surface area contributed by atoms with Crippen molar-refractivity contribution in [2.45, 2.75) is 6.54 Å². The lowest BCUT2D eigenvalue weighted by Crippen LogP contribution is -2.28. The molecule has 0 saturated carbocycles. The molecule has 2 aromatic carbocycles. The molecule has 0 fully saturated rings. The minimum absolute atomic E-state index is 0.0414. The molecular formula is C22H17N3O5S. The van der Waals surface area contributed by atoms with Crippen LogP contribution in [-0.2, 0) is 11.3 Å². The minimum atomic E-state index is -0.475. The van der Waals surface area contributed by atoms with Crippen LogP contribution in [0.15, 0.2) is 71.4 Å². The van der Waals surface area contributed by atoms with E-state index in [0.717, 1.165) is 4.70 Å². The van der Waals surface area contributed by atoms with Crippen LogP contribution >= 0.6 is 11.3 Å². The van der Waals surface area contributed by atoms with Gasteiger partial charge in [0.2, 0.25) is 0 Å². The van der Waals surface area contributed by atoms with E-state index in [-0.39, 0.29) is 18.1 Å². The number of hydrogen-bond acceptors (Lipinski definition) is 7. The summed E-state index contributed by atoms with van der Waals surface area (Å²) in [5, 5.41) is 11.5. The van der Waals surface area contributed by atoms with Crippen molar-refractivity contribution in [3.63, 3.8) is 0 Å². The zero-order chi connectivity index (χ0) is 21.8. The van der Waals surface area contributed by atoms with E-state index in [4.69, 9.17) is 9.15 Å². The van der Waals surface area contributed by atoms with Crippen molar-refractivity contribution >= 4 is 44.4 Å². The fourth-order valence-corrected chi connectivity index (χ4v) is 3.98. The fraction of sp³-hybridized carbons (Fsp3) is 0.0909. The Hall–Kier alpha value is -3.98. The Morgan fingerprint density at radius 1 is 1.26 bits per heavy atom. The smallest absolute Gasteiger partial charge is 0.270 e. The van der Waals surface area contributed by atoms with Crippen molar-refractivity contribution in [2.75, 3.05) is 12.0 Å². The lowest BCUT2D eigenvalue weighted by atomic mass is 10.2.